The molecule has 0 spiro atoms. The lowest BCUT2D eigenvalue weighted by molar-refractivity contribution is -0.384. The van der Waals surface area contributed by atoms with Gasteiger partial charge in [-0.25, -0.2) is 0 Å². The lowest BCUT2D eigenvalue weighted by atomic mass is 10.2. The molecule has 1 aromatic heterocycles. The van der Waals surface area contributed by atoms with Crippen molar-refractivity contribution >= 4 is 34.8 Å². The van der Waals surface area contributed by atoms with Gasteiger partial charge in [-0.05, 0) is 25.5 Å². The van der Waals surface area contributed by atoms with E-state index in [1.165, 1.54) is 12.1 Å². The van der Waals surface area contributed by atoms with E-state index in [0.717, 1.165) is 11.8 Å². The summed E-state index contributed by atoms with van der Waals surface area (Å²) in [6.07, 6.45) is 2.38. The molecule has 0 aliphatic heterocycles. The van der Waals surface area contributed by atoms with Gasteiger partial charge in [-0.15, -0.1) is 0 Å². The van der Waals surface area contributed by atoms with Crippen molar-refractivity contribution in [1.82, 2.24) is 15.1 Å². The van der Waals surface area contributed by atoms with Crippen molar-refractivity contribution in [3.8, 4) is 0 Å². The van der Waals surface area contributed by atoms with Crippen LogP contribution in [0, 0.1) is 17.0 Å². The van der Waals surface area contributed by atoms with E-state index in [4.69, 9.17) is 23.2 Å². The zero-order chi connectivity index (χ0) is 17.0. The molecule has 122 valence electrons. The van der Waals surface area contributed by atoms with Crippen LogP contribution in [0.3, 0.4) is 0 Å². The fourth-order valence-electron chi connectivity index (χ4n) is 1.95. The molecule has 0 saturated carbocycles. The Labute approximate surface area is 142 Å². The Morgan fingerprint density at radius 3 is 2.74 bits per heavy atom. The molecule has 0 aliphatic rings. The molecule has 0 saturated heterocycles. The second-order valence-corrected chi connectivity index (χ2v) is 5.67. The van der Waals surface area contributed by atoms with E-state index in [0.29, 0.717) is 24.5 Å². The summed E-state index contributed by atoms with van der Waals surface area (Å²) in [4.78, 5) is 22.2. The monoisotopic (exact) mass is 356 g/mol. The number of halogens is 2. The minimum atomic E-state index is -0.622. The van der Waals surface area contributed by atoms with Gasteiger partial charge in [0.2, 0.25) is 0 Å². The highest BCUT2D eigenvalue weighted by Gasteiger charge is 2.16. The van der Waals surface area contributed by atoms with E-state index in [2.05, 4.69) is 10.4 Å². The van der Waals surface area contributed by atoms with Crippen molar-refractivity contribution in [3.63, 3.8) is 0 Å². The number of hydrogen-bond donors (Lipinski definition) is 1. The first kappa shape index (κ1) is 17.2. The van der Waals surface area contributed by atoms with Gasteiger partial charge in [0, 0.05) is 30.9 Å². The van der Waals surface area contributed by atoms with E-state index >= 15 is 0 Å². The number of aryl methyl sites for hydroxylation is 2. The molecule has 1 heterocycles. The summed E-state index contributed by atoms with van der Waals surface area (Å²) in [5.41, 5.74) is 0.657. The largest absolute Gasteiger partial charge is 0.352 e. The smallest absolute Gasteiger partial charge is 0.288 e. The van der Waals surface area contributed by atoms with Crippen LogP contribution in [-0.2, 0) is 6.54 Å². The fraction of sp³-hybridized carbons (Fsp3) is 0.286. The molecule has 1 amide bonds. The first-order chi connectivity index (χ1) is 10.9. The van der Waals surface area contributed by atoms with Gasteiger partial charge in [-0.3, -0.25) is 19.6 Å². The third-order valence-electron chi connectivity index (χ3n) is 3.14. The number of aromatic nitrogens is 2. The van der Waals surface area contributed by atoms with Crippen molar-refractivity contribution in [2.24, 2.45) is 0 Å². The fourth-order valence-corrected chi connectivity index (χ4v) is 2.28. The van der Waals surface area contributed by atoms with Crippen LogP contribution in [0.4, 0.5) is 5.69 Å². The third-order valence-corrected chi connectivity index (χ3v) is 3.83. The van der Waals surface area contributed by atoms with Crippen LogP contribution >= 0.6 is 23.2 Å². The van der Waals surface area contributed by atoms with Crippen molar-refractivity contribution in [3.05, 3.63) is 55.8 Å². The molecule has 0 atom stereocenters. The minimum absolute atomic E-state index is 0.00233. The number of amides is 1. The maximum Gasteiger partial charge on any atom is 0.288 e. The molecular formula is C14H14Cl2N4O3. The zero-order valence-electron chi connectivity index (χ0n) is 12.3. The Morgan fingerprint density at radius 2 is 2.13 bits per heavy atom. The molecule has 0 radical (unpaired) electrons. The van der Waals surface area contributed by atoms with E-state index in [-0.39, 0.29) is 22.2 Å². The van der Waals surface area contributed by atoms with Crippen LogP contribution < -0.4 is 5.32 Å². The first-order valence-corrected chi connectivity index (χ1v) is 7.56. The summed E-state index contributed by atoms with van der Waals surface area (Å²) in [5, 5.41) is 18.3. The number of nitro groups is 1. The molecule has 0 bridgehead atoms. The second kappa shape index (κ2) is 7.43. The number of nitrogens with one attached hydrogen (secondary N) is 1. The molecule has 2 aromatic rings. The molecule has 9 heteroatoms. The van der Waals surface area contributed by atoms with Crippen molar-refractivity contribution in [2.45, 2.75) is 19.9 Å². The van der Waals surface area contributed by atoms with Crippen molar-refractivity contribution in [2.75, 3.05) is 6.54 Å². The van der Waals surface area contributed by atoms with Crippen molar-refractivity contribution in [1.29, 1.82) is 0 Å². The Bertz CT molecular complexity index is 726. The third kappa shape index (κ3) is 4.43. The number of nitrogens with zero attached hydrogens (tertiary/aromatic N) is 3. The first-order valence-electron chi connectivity index (χ1n) is 6.80. The highest BCUT2D eigenvalue weighted by Crippen LogP contribution is 2.24. The minimum Gasteiger partial charge on any atom is -0.352 e. The number of hydrogen-bond acceptors (Lipinski definition) is 4. The van der Waals surface area contributed by atoms with Crippen LogP contribution in [0.2, 0.25) is 10.0 Å². The number of nitro benzene ring substituents is 1. The van der Waals surface area contributed by atoms with Gasteiger partial charge in [0.15, 0.2) is 0 Å². The van der Waals surface area contributed by atoms with Gasteiger partial charge in [0.1, 0.15) is 5.02 Å². The van der Waals surface area contributed by atoms with E-state index < -0.39 is 4.92 Å². The molecular weight excluding hydrogens is 343 g/mol. The summed E-state index contributed by atoms with van der Waals surface area (Å²) >= 11 is 11.6. The SMILES string of the molecule is Cc1nn(CCCNC(=O)c2ccc(Cl)c([N+](=O)[O-])c2)cc1Cl. The second-order valence-electron chi connectivity index (χ2n) is 4.86. The Kier molecular flexibility index (Phi) is 5.57. The summed E-state index contributed by atoms with van der Waals surface area (Å²) in [5.74, 6) is -0.389. The van der Waals surface area contributed by atoms with Gasteiger partial charge in [-0.1, -0.05) is 23.2 Å². The van der Waals surface area contributed by atoms with Crippen LogP contribution in [0.25, 0.3) is 0 Å². The van der Waals surface area contributed by atoms with Gasteiger partial charge < -0.3 is 5.32 Å². The summed E-state index contributed by atoms with van der Waals surface area (Å²) in [6, 6.07) is 3.94. The Morgan fingerprint density at radius 1 is 1.39 bits per heavy atom. The number of carbonyl (C=O) groups excluding carboxylic acids is 1. The molecule has 1 aromatic carbocycles. The van der Waals surface area contributed by atoms with Gasteiger partial charge in [-0.2, -0.15) is 5.10 Å². The molecule has 23 heavy (non-hydrogen) atoms. The maximum atomic E-state index is 12.0. The van der Waals surface area contributed by atoms with E-state index in [9.17, 15) is 14.9 Å². The zero-order valence-corrected chi connectivity index (χ0v) is 13.8. The highest BCUT2D eigenvalue weighted by atomic mass is 35.5. The normalized spacial score (nSPS) is 10.6. The van der Waals surface area contributed by atoms with Gasteiger partial charge >= 0.3 is 0 Å². The maximum absolute atomic E-state index is 12.0. The average molecular weight is 357 g/mol. The molecule has 0 fully saturated rings. The predicted octanol–water partition coefficient (Wildman–Crippen LogP) is 3.23. The summed E-state index contributed by atoms with van der Waals surface area (Å²) in [7, 11) is 0. The molecule has 0 unspecified atom stereocenters. The lowest BCUT2D eigenvalue weighted by Gasteiger charge is -2.06. The highest BCUT2D eigenvalue weighted by molar-refractivity contribution is 6.32. The van der Waals surface area contributed by atoms with Crippen LogP contribution in [0.1, 0.15) is 22.5 Å². The number of carbonyl (C=O) groups is 1. The molecule has 2 rings (SSSR count). The Balaban J connectivity index is 1.87. The number of rotatable bonds is 6. The lowest BCUT2D eigenvalue weighted by Crippen LogP contribution is -2.25. The van der Waals surface area contributed by atoms with Gasteiger partial charge in [0.05, 0.1) is 15.6 Å². The number of benzene rings is 1. The van der Waals surface area contributed by atoms with E-state index in [1.807, 2.05) is 6.92 Å². The average Bonchev–Trinajstić information content (AvgIpc) is 2.82. The molecule has 7 nitrogen and oxygen atoms in total. The molecule has 0 aliphatic carbocycles. The predicted molar refractivity (Wildman–Crippen MR) is 87.0 cm³/mol. The molecule has 1 N–H and O–H groups in total. The standard InChI is InChI=1S/C14H14Cl2N4O3/c1-9-12(16)8-19(18-9)6-2-5-17-14(21)10-3-4-11(15)13(7-10)20(22)23/h3-4,7-8H,2,5-6H2,1H3,(H,17,21). The topological polar surface area (TPSA) is 90.1 Å². The van der Waals surface area contributed by atoms with Crippen LogP contribution in [0.5, 0.6) is 0 Å². The Hall–Kier alpha value is -2.12. The van der Waals surface area contributed by atoms with E-state index in [1.54, 1.807) is 10.9 Å². The van der Waals surface area contributed by atoms with Crippen molar-refractivity contribution < 1.29 is 9.72 Å². The van der Waals surface area contributed by atoms with Gasteiger partial charge in [0.25, 0.3) is 11.6 Å². The summed E-state index contributed by atoms with van der Waals surface area (Å²) in [6.45, 7) is 2.83. The van der Waals surface area contributed by atoms with Crippen LogP contribution in [-0.4, -0.2) is 27.2 Å². The quantitative estimate of drug-likeness (QED) is 0.488. The summed E-state index contributed by atoms with van der Waals surface area (Å²) < 4.78 is 1.71. The van der Waals surface area contributed by atoms with Crippen LogP contribution in [0.15, 0.2) is 24.4 Å².